The van der Waals surface area contributed by atoms with E-state index < -0.39 is 47.5 Å². The van der Waals surface area contributed by atoms with Crippen molar-refractivity contribution in [1.82, 2.24) is 24.4 Å². The van der Waals surface area contributed by atoms with Gasteiger partial charge in [0.25, 0.3) is 5.56 Å². The highest BCUT2D eigenvalue weighted by Gasteiger charge is 2.41. The van der Waals surface area contributed by atoms with Gasteiger partial charge in [0.05, 0.1) is 21.7 Å². The number of H-pyrrole nitrogens is 1. The summed E-state index contributed by atoms with van der Waals surface area (Å²) in [6.45, 7) is 7.16. The summed E-state index contributed by atoms with van der Waals surface area (Å²) >= 11 is 0. The quantitative estimate of drug-likeness (QED) is 0.160. The monoisotopic (exact) mass is 591 g/mol. The molecule has 0 radical (unpaired) electrons. The van der Waals surface area contributed by atoms with Crippen LogP contribution in [-0.4, -0.2) is 70.2 Å². The van der Waals surface area contributed by atoms with E-state index in [1.807, 2.05) is 0 Å². The van der Waals surface area contributed by atoms with Crippen molar-refractivity contribution in [1.29, 1.82) is 0 Å². The van der Waals surface area contributed by atoms with Gasteiger partial charge in [0.15, 0.2) is 11.2 Å². The Balaban J connectivity index is 0.000000673. The lowest BCUT2D eigenvalue weighted by atomic mass is 10.1. The smallest absolute Gasteiger partial charge is 0.369 e. The average Bonchev–Trinajstić information content (AvgIpc) is 3.39. The average molecular weight is 591 g/mol. The first-order chi connectivity index (χ1) is 17.8. The Morgan fingerprint density at radius 3 is 2.30 bits per heavy atom. The zero-order valence-electron chi connectivity index (χ0n) is 22.1. The van der Waals surface area contributed by atoms with Gasteiger partial charge in [0.1, 0.15) is 0 Å². The van der Waals surface area contributed by atoms with Crippen molar-refractivity contribution in [3.63, 3.8) is 0 Å². The van der Waals surface area contributed by atoms with Crippen LogP contribution in [0.2, 0.25) is 0 Å². The number of nitrogens with one attached hydrogen (secondary N) is 1. The molecule has 0 saturated carbocycles. The highest BCUT2D eigenvalue weighted by atomic mass is 31.3. The van der Waals surface area contributed by atoms with Crippen LogP contribution in [0, 0.1) is 5.92 Å². The molecule has 0 aromatic carbocycles. The molecule has 1 aliphatic carbocycles. The molecule has 2 aromatic heterocycles. The fourth-order valence-electron chi connectivity index (χ4n) is 3.26. The van der Waals surface area contributed by atoms with E-state index in [2.05, 4.69) is 53.8 Å². The molecule has 0 aliphatic heterocycles. The van der Waals surface area contributed by atoms with Crippen molar-refractivity contribution in [2.45, 2.75) is 33.2 Å². The number of aromatic nitrogens is 4. The number of rotatable bonds is 11. The van der Waals surface area contributed by atoms with Gasteiger partial charge in [0.2, 0.25) is 5.95 Å². The third-order valence-electron chi connectivity index (χ3n) is 4.95. The number of anilines is 1. The minimum atomic E-state index is -5.79. The number of hydrogen-bond donors (Lipinski definition) is 6. The fraction of sp³-hybridized carbons (Fsp3) is 0.588. The second kappa shape index (κ2) is 12.9. The molecular formula is C17H31N6O11P3. The van der Waals surface area contributed by atoms with Crippen molar-refractivity contribution in [2.75, 3.05) is 31.9 Å². The van der Waals surface area contributed by atoms with Crippen molar-refractivity contribution in [3.8, 4) is 0 Å². The Morgan fingerprint density at radius 2 is 1.76 bits per heavy atom. The largest absolute Gasteiger partial charge is 0.490 e. The van der Waals surface area contributed by atoms with Crippen molar-refractivity contribution >= 4 is 40.6 Å². The molecule has 17 nitrogen and oxygen atoms in total. The molecule has 0 amide bonds. The fourth-order valence-corrected chi connectivity index (χ4v) is 6.17. The molecule has 20 heteroatoms. The molecule has 2 aromatic rings. The third kappa shape index (κ3) is 9.82. The first-order valence-electron chi connectivity index (χ1n) is 11.8. The Hall–Kier alpha value is -1.74. The molecule has 3 rings (SSSR count). The minimum absolute atomic E-state index is 0.0210. The van der Waals surface area contributed by atoms with Gasteiger partial charge in [-0.1, -0.05) is 32.9 Å². The molecule has 210 valence electrons. The van der Waals surface area contributed by atoms with Gasteiger partial charge in [-0.05, 0) is 26.1 Å². The molecule has 2 heterocycles. The van der Waals surface area contributed by atoms with Crippen LogP contribution in [0.1, 0.15) is 36.0 Å². The Bertz CT molecular complexity index is 1370. The third-order valence-corrected chi connectivity index (χ3v) is 8.61. The maximum atomic E-state index is 12.0. The number of hydrogen-bond acceptors (Lipinski definition) is 11. The van der Waals surface area contributed by atoms with Crippen LogP contribution in [0.3, 0.4) is 0 Å². The van der Waals surface area contributed by atoms with Crippen LogP contribution in [0.4, 0.5) is 5.95 Å². The van der Waals surface area contributed by atoms with E-state index in [1.165, 1.54) is 42.7 Å². The topological polar surface area (TPSA) is 253 Å². The summed E-state index contributed by atoms with van der Waals surface area (Å²) in [5.41, 5.74) is 5.02. The normalized spacial score (nSPS) is 22.2. The molecule has 0 spiro atoms. The number of nitrogen functional groups attached to an aromatic ring is 1. The number of imidazole rings is 1. The van der Waals surface area contributed by atoms with Gasteiger partial charge in [-0.15, -0.1) is 0 Å². The van der Waals surface area contributed by atoms with Gasteiger partial charge in [0, 0.05) is 5.92 Å². The Kier molecular flexibility index (Phi) is 9.84. The maximum Gasteiger partial charge on any atom is 0.490 e. The van der Waals surface area contributed by atoms with Crippen LogP contribution in [0.15, 0.2) is 23.3 Å². The zero-order chi connectivity index (χ0) is 29.8. The van der Waals surface area contributed by atoms with Crippen LogP contribution in [-0.2, 0) is 26.8 Å². The molecule has 2 unspecified atom stereocenters. The highest BCUT2D eigenvalue weighted by Crippen LogP contribution is 2.66. The first kappa shape index (κ1) is 28.3. The molecule has 0 fully saturated rings. The number of fused-ring (bicyclic) bond motifs is 1. The van der Waals surface area contributed by atoms with E-state index in [0.29, 0.717) is 0 Å². The lowest BCUT2D eigenvalue weighted by molar-refractivity contribution is 0.159. The number of allylic oxidation sites excluding steroid dienone is 1. The van der Waals surface area contributed by atoms with Crippen LogP contribution < -0.4 is 11.3 Å². The number of aromatic amines is 1. The standard InChI is InChI=1S/C11H16N5O11P3.C6H15N/c12-11-14-9-8(10(17)15-11)13-5-16(9)7-2-1-6(3-7)4-25-29(21,22)27-30(23,24)26-28(18,19)20;1-4-7(5-2)6-3/h1-2,5-7H,3-4H2,(H,21,22)(H,23,24)(H2,18,19,20)(H3,12,14,15,17);4-6H2,1-3H3/t6-,7+;/m1./s1/i4D2,5+1;. The number of phosphoric acid groups is 3. The van der Waals surface area contributed by atoms with E-state index in [4.69, 9.17) is 18.3 Å². The lowest BCUT2D eigenvalue weighted by Gasteiger charge is -2.18. The maximum absolute atomic E-state index is 12.0. The summed E-state index contributed by atoms with van der Waals surface area (Å²) in [6, 6.07) is -0.627. The number of phosphoric ester groups is 1. The lowest BCUT2D eigenvalue weighted by Crippen LogP contribution is -2.21. The summed E-state index contributed by atoms with van der Waals surface area (Å²) in [5.74, 6) is -1.39. The van der Waals surface area contributed by atoms with E-state index in [-0.39, 0.29) is 23.5 Å². The van der Waals surface area contributed by atoms with Gasteiger partial charge in [-0.25, -0.2) is 18.7 Å². The predicted molar refractivity (Wildman–Crippen MR) is 132 cm³/mol. The van der Waals surface area contributed by atoms with Crippen LogP contribution in [0.25, 0.3) is 11.2 Å². The van der Waals surface area contributed by atoms with Crippen molar-refractivity contribution < 1.29 is 49.2 Å². The Labute approximate surface area is 214 Å². The molecule has 0 saturated heterocycles. The molecular weight excluding hydrogens is 558 g/mol. The summed E-state index contributed by atoms with van der Waals surface area (Å²) < 4.78 is 62.7. The van der Waals surface area contributed by atoms with E-state index >= 15 is 0 Å². The van der Waals surface area contributed by atoms with E-state index in [9.17, 15) is 28.3 Å². The zero-order valence-corrected chi connectivity index (χ0v) is 22.8. The summed E-state index contributed by atoms with van der Waals surface area (Å²) in [7, 11) is -17.1. The molecule has 1 aliphatic rings. The second-order valence-electron chi connectivity index (χ2n) is 7.49. The highest BCUT2D eigenvalue weighted by molar-refractivity contribution is 7.66. The van der Waals surface area contributed by atoms with Crippen molar-refractivity contribution in [3.05, 3.63) is 28.8 Å². The molecule has 0 bridgehead atoms. The number of nitrogens with zero attached hydrogens (tertiary/aromatic N) is 4. The first-order valence-corrected chi connectivity index (χ1v) is 15.3. The van der Waals surface area contributed by atoms with Gasteiger partial charge in [-0.2, -0.15) is 13.6 Å². The summed E-state index contributed by atoms with van der Waals surface area (Å²) in [6.07, 6.45) is 3.92. The second-order valence-corrected chi connectivity index (χ2v) is 11.8. The number of nitrogens with two attached hydrogens (primary N) is 1. The van der Waals surface area contributed by atoms with Crippen LogP contribution in [0.5, 0.6) is 0 Å². The SMILES string of the molecule is CCN(CC)CC.[2H]C([2H])(OP(=O)(O)OP(=O)(O)OP(=O)(O)O)[C@@H]1C=C[C@H](n2[13cH]nc3c(=O)[nH]c(N)nc32)C1. The van der Waals surface area contributed by atoms with Gasteiger partial charge >= 0.3 is 23.5 Å². The minimum Gasteiger partial charge on any atom is -0.369 e. The van der Waals surface area contributed by atoms with E-state index in [0.717, 1.165) is 0 Å². The predicted octanol–water partition coefficient (Wildman–Crippen LogP) is 1.51. The van der Waals surface area contributed by atoms with Crippen LogP contribution >= 0.6 is 23.5 Å². The van der Waals surface area contributed by atoms with Gasteiger partial charge in [-0.3, -0.25) is 14.3 Å². The Morgan fingerprint density at radius 1 is 1.14 bits per heavy atom. The van der Waals surface area contributed by atoms with Gasteiger partial charge < -0.3 is 34.8 Å². The molecule has 37 heavy (non-hydrogen) atoms. The summed E-state index contributed by atoms with van der Waals surface area (Å²) in [5, 5.41) is 0. The molecule has 7 N–H and O–H groups in total. The molecule has 4 atom stereocenters. The van der Waals surface area contributed by atoms with E-state index in [1.54, 1.807) is 0 Å². The van der Waals surface area contributed by atoms with Crippen molar-refractivity contribution in [2.24, 2.45) is 5.92 Å². The summed E-state index contributed by atoms with van der Waals surface area (Å²) in [4.78, 5) is 60.3.